The largest absolute Gasteiger partial charge is 0.465 e. The number of nitrogen functional groups attached to an aromatic ring is 1. The zero-order chi connectivity index (χ0) is 11.7. The van der Waals surface area contributed by atoms with Crippen molar-refractivity contribution in [1.29, 1.82) is 0 Å². The van der Waals surface area contributed by atoms with Crippen LogP contribution in [0.1, 0.15) is 28.0 Å². The lowest BCUT2D eigenvalue weighted by molar-refractivity contribution is 0.0600. The summed E-state index contributed by atoms with van der Waals surface area (Å²) in [4.78, 5) is 16.1. The van der Waals surface area contributed by atoms with Gasteiger partial charge in [-0.15, -0.1) is 0 Å². The summed E-state index contributed by atoms with van der Waals surface area (Å²) in [5, 5.41) is 2.90. The van der Waals surface area contributed by atoms with E-state index >= 15 is 0 Å². The molecule has 0 radical (unpaired) electrons. The number of nitrogens with zero attached hydrogens (tertiary/aromatic N) is 1. The molecule has 1 heterocycles. The normalized spacial score (nSPS) is 13.4. The number of nitrogens with two attached hydrogens (primary N) is 1. The maximum absolute atomic E-state index is 11.7. The van der Waals surface area contributed by atoms with Crippen LogP contribution >= 0.6 is 0 Å². The third-order valence-corrected chi connectivity index (χ3v) is 2.89. The van der Waals surface area contributed by atoms with Gasteiger partial charge >= 0.3 is 5.97 Å². The monoisotopic (exact) mass is 221 g/mol. The number of hydrogen-bond donors (Lipinski definition) is 2. The van der Waals surface area contributed by atoms with E-state index < -0.39 is 0 Å². The van der Waals surface area contributed by atoms with Crippen molar-refractivity contribution in [2.45, 2.75) is 19.3 Å². The van der Waals surface area contributed by atoms with Crippen LogP contribution in [-0.4, -0.2) is 25.1 Å². The van der Waals surface area contributed by atoms with Crippen LogP contribution in [0.25, 0.3) is 0 Å². The van der Waals surface area contributed by atoms with E-state index in [0.717, 1.165) is 30.5 Å². The van der Waals surface area contributed by atoms with E-state index in [9.17, 15) is 4.79 Å². The average molecular weight is 221 g/mol. The molecule has 5 nitrogen and oxygen atoms in total. The van der Waals surface area contributed by atoms with Gasteiger partial charge in [0.25, 0.3) is 0 Å². The van der Waals surface area contributed by atoms with Crippen LogP contribution in [-0.2, 0) is 17.6 Å². The van der Waals surface area contributed by atoms with Gasteiger partial charge in [-0.1, -0.05) is 0 Å². The number of ether oxygens (including phenoxy) is 1. The van der Waals surface area contributed by atoms with Crippen molar-refractivity contribution in [1.82, 2.24) is 4.98 Å². The van der Waals surface area contributed by atoms with Crippen LogP contribution in [0.15, 0.2) is 0 Å². The summed E-state index contributed by atoms with van der Waals surface area (Å²) in [5.74, 6) is 0.176. The maximum Gasteiger partial charge on any atom is 0.340 e. The minimum absolute atomic E-state index is 0.380. The van der Waals surface area contributed by atoms with Gasteiger partial charge in [0.2, 0.25) is 0 Å². The number of fused-ring (bicyclic) bond motifs is 1. The van der Waals surface area contributed by atoms with Crippen molar-refractivity contribution in [2.75, 3.05) is 25.2 Å². The van der Waals surface area contributed by atoms with Crippen LogP contribution in [0, 0.1) is 0 Å². The molecule has 0 aromatic carbocycles. The Kier molecular flexibility index (Phi) is 2.68. The van der Waals surface area contributed by atoms with Gasteiger partial charge in [0.05, 0.1) is 18.4 Å². The summed E-state index contributed by atoms with van der Waals surface area (Å²) in [7, 11) is 3.10. The minimum Gasteiger partial charge on any atom is -0.465 e. The molecule has 0 saturated carbocycles. The van der Waals surface area contributed by atoms with E-state index in [1.807, 2.05) is 0 Å². The Labute approximate surface area is 94.0 Å². The Morgan fingerprint density at radius 2 is 2.25 bits per heavy atom. The van der Waals surface area contributed by atoms with Crippen molar-refractivity contribution in [3.05, 3.63) is 16.8 Å². The number of carbonyl (C=O) groups excluding carboxylic acids is 1. The van der Waals surface area contributed by atoms with Gasteiger partial charge in [-0.05, 0) is 24.8 Å². The Bertz CT molecular complexity index is 443. The zero-order valence-corrected chi connectivity index (χ0v) is 9.46. The van der Waals surface area contributed by atoms with Crippen molar-refractivity contribution in [3.63, 3.8) is 0 Å². The molecule has 1 aliphatic carbocycles. The number of anilines is 2. The van der Waals surface area contributed by atoms with Crippen molar-refractivity contribution < 1.29 is 9.53 Å². The molecule has 0 bridgehead atoms. The van der Waals surface area contributed by atoms with E-state index in [0.29, 0.717) is 17.1 Å². The van der Waals surface area contributed by atoms with Gasteiger partial charge < -0.3 is 15.8 Å². The number of rotatable bonds is 2. The molecular weight excluding hydrogens is 206 g/mol. The number of esters is 1. The average Bonchev–Trinajstić information content (AvgIpc) is 2.74. The van der Waals surface area contributed by atoms with Crippen molar-refractivity contribution in [2.24, 2.45) is 0 Å². The Morgan fingerprint density at radius 3 is 2.88 bits per heavy atom. The third kappa shape index (κ3) is 1.48. The summed E-state index contributed by atoms with van der Waals surface area (Å²) < 4.78 is 4.77. The van der Waals surface area contributed by atoms with Gasteiger partial charge in [-0.2, -0.15) is 0 Å². The quantitative estimate of drug-likeness (QED) is 0.728. The highest BCUT2D eigenvalue weighted by molar-refractivity contribution is 5.99. The van der Waals surface area contributed by atoms with Crippen molar-refractivity contribution >= 4 is 17.5 Å². The van der Waals surface area contributed by atoms with Crippen LogP contribution in [0.3, 0.4) is 0 Å². The van der Waals surface area contributed by atoms with E-state index in [2.05, 4.69) is 10.3 Å². The lowest BCUT2D eigenvalue weighted by Gasteiger charge is -2.13. The number of nitrogens with one attached hydrogen (secondary N) is 1. The molecule has 0 unspecified atom stereocenters. The molecule has 3 N–H and O–H groups in total. The fourth-order valence-electron chi connectivity index (χ4n) is 2.12. The summed E-state index contributed by atoms with van der Waals surface area (Å²) >= 11 is 0. The van der Waals surface area contributed by atoms with Gasteiger partial charge in [-0.25, -0.2) is 9.78 Å². The zero-order valence-electron chi connectivity index (χ0n) is 9.46. The van der Waals surface area contributed by atoms with Gasteiger partial charge in [0.1, 0.15) is 5.82 Å². The number of aryl methyl sites for hydroxylation is 1. The molecule has 0 fully saturated rings. The number of pyridine rings is 1. The van der Waals surface area contributed by atoms with Gasteiger partial charge in [0, 0.05) is 12.7 Å². The lowest BCUT2D eigenvalue weighted by atomic mass is 10.1. The van der Waals surface area contributed by atoms with Crippen molar-refractivity contribution in [3.8, 4) is 0 Å². The van der Waals surface area contributed by atoms with E-state index in [4.69, 9.17) is 10.5 Å². The summed E-state index contributed by atoms with van der Waals surface area (Å²) in [6, 6.07) is 0. The molecule has 5 heteroatoms. The number of hydrogen-bond acceptors (Lipinski definition) is 5. The van der Waals surface area contributed by atoms with Gasteiger partial charge in [0.15, 0.2) is 0 Å². The van der Waals surface area contributed by atoms with Crippen LogP contribution in [0.4, 0.5) is 11.5 Å². The lowest BCUT2D eigenvalue weighted by Crippen LogP contribution is -2.13. The molecular formula is C11H15N3O2. The summed E-state index contributed by atoms with van der Waals surface area (Å²) in [6.45, 7) is 0. The Balaban J connectivity index is 2.64. The Morgan fingerprint density at radius 1 is 1.50 bits per heavy atom. The highest BCUT2D eigenvalue weighted by Gasteiger charge is 2.25. The molecule has 16 heavy (non-hydrogen) atoms. The summed E-state index contributed by atoms with van der Waals surface area (Å²) in [5.41, 5.74) is 8.69. The molecule has 0 saturated heterocycles. The van der Waals surface area contributed by atoms with E-state index in [1.54, 1.807) is 7.05 Å². The second-order valence-electron chi connectivity index (χ2n) is 3.77. The third-order valence-electron chi connectivity index (χ3n) is 2.89. The first-order chi connectivity index (χ1) is 7.69. The smallest absolute Gasteiger partial charge is 0.340 e. The van der Waals surface area contributed by atoms with E-state index in [-0.39, 0.29) is 5.97 Å². The van der Waals surface area contributed by atoms with Crippen LogP contribution < -0.4 is 11.1 Å². The molecule has 0 atom stereocenters. The Hall–Kier alpha value is -1.78. The SMILES string of the molecule is CNc1nc2c(c(C(=O)OC)c1N)CCC2. The second kappa shape index (κ2) is 4.00. The first kappa shape index (κ1) is 10.7. The first-order valence-electron chi connectivity index (χ1n) is 5.26. The highest BCUT2D eigenvalue weighted by atomic mass is 16.5. The standard InChI is InChI=1S/C11H15N3O2/c1-13-10-9(12)8(11(15)16-2)6-4-3-5-7(6)14-10/h3-5,12H2,1-2H3,(H,13,14). The number of carbonyl (C=O) groups is 1. The molecule has 86 valence electrons. The molecule has 1 aromatic rings. The minimum atomic E-state index is -0.380. The molecule has 0 aliphatic heterocycles. The fraction of sp³-hybridized carbons (Fsp3) is 0.455. The molecule has 2 rings (SSSR count). The maximum atomic E-state index is 11.7. The van der Waals surface area contributed by atoms with E-state index in [1.165, 1.54) is 7.11 Å². The summed E-state index contributed by atoms with van der Waals surface area (Å²) in [6.07, 6.45) is 2.76. The molecule has 0 spiro atoms. The predicted molar refractivity (Wildman–Crippen MR) is 61.6 cm³/mol. The number of methoxy groups -OCH3 is 1. The van der Waals surface area contributed by atoms with Crippen LogP contribution in [0.2, 0.25) is 0 Å². The predicted octanol–water partition coefficient (Wildman–Crippen LogP) is 0.981. The second-order valence-corrected chi connectivity index (χ2v) is 3.77. The topological polar surface area (TPSA) is 77.2 Å². The number of aromatic nitrogens is 1. The van der Waals surface area contributed by atoms with Crippen LogP contribution in [0.5, 0.6) is 0 Å². The van der Waals surface area contributed by atoms with Gasteiger partial charge in [-0.3, -0.25) is 0 Å². The first-order valence-corrected chi connectivity index (χ1v) is 5.26. The highest BCUT2D eigenvalue weighted by Crippen LogP contribution is 2.32. The molecule has 0 amide bonds. The molecule has 1 aliphatic rings. The fourth-order valence-corrected chi connectivity index (χ4v) is 2.12. The molecule has 1 aromatic heterocycles.